The number of piperidine rings is 1. The second-order valence-corrected chi connectivity index (χ2v) is 8.48. The number of amides is 2. The monoisotopic (exact) mass is 377 g/mol. The van der Waals surface area contributed by atoms with Crippen molar-refractivity contribution in [1.82, 2.24) is 15.2 Å². The summed E-state index contributed by atoms with van der Waals surface area (Å²) in [6.07, 6.45) is 6.49. The minimum atomic E-state index is -0.205. The molecule has 7 heteroatoms. The highest BCUT2D eigenvalue weighted by Gasteiger charge is 2.32. The highest BCUT2D eigenvalue weighted by atomic mass is 32.1. The van der Waals surface area contributed by atoms with Gasteiger partial charge in [-0.3, -0.25) is 9.59 Å². The first-order chi connectivity index (χ1) is 12.7. The quantitative estimate of drug-likeness (QED) is 0.824. The maximum Gasteiger partial charge on any atom is 0.251 e. The highest BCUT2D eigenvalue weighted by Crippen LogP contribution is 2.31. The number of nitrogens with one attached hydrogen (secondary N) is 1. The Labute approximate surface area is 158 Å². The van der Waals surface area contributed by atoms with Gasteiger partial charge < -0.3 is 15.0 Å². The maximum atomic E-state index is 12.4. The average Bonchev–Trinajstić information content (AvgIpc) is 3.18. The number of carbonyl (C=O) groups excluding carboxylic acids is 2. The van der Waals surface area contributed by atoms with E-state index in [4.69, 9.17) is 9.72 Å². The van der Waals surface area contributed by atoms with Crippen LogP contribution in [0.15, 0.2) is 5.38 Å². The summed E-state index contributed by atoms with van der Waals surface area (Å²) in [5, 5.41) is 6.29. The smallest absolute Gasteiger partial charge is 0.251 e. The van der Waals surface area contributed by atoms with Crippen LogP contribution in [0.3, 0.4) is 0 Å². The molecular formula is C19H27N3O3S. The summed E-state index contributed by atoms with van der Waals surface area (Å²) in [5.41, 5.74) is 1.07. The van der Waals surface area contributed by atoms with E-state index in [1.807, 2.05) is 4.90 Å². The van der Waals surface area contributed by atoms with E-state index in [0.717, 1.165) is 70.3 Å². The Morgan fingerprint density at radius 3 is 2.73 bits per heavy atom. The van der Waals surface area contributed by atoms with Crippen molar-refractivity contribution in [3.05, 3.63) is 16.1 Å². The van der Waals surface area contributed by atoms with Gasteiger partial charge in [0.25, 0.3) is 5.91 Å². The van der Waals surface area contributed by atoms with Crippen molar-refractivity contribution in [2.24, 2.45) is 5.92 Å². The molecule has 1 aromatic rings. The molecular weight excluding hydrogens is 350 g/mol. The van der Waals surface area contributed by atoms with E-state index in [1.54, 1.807) is 11.3 Å². The minimum absolute atomic E-state index is 0.173. The topological polar surface area (TPSA) is 71.5 Å². The minimum Gasteiger partial charge on any atom is -0.368 e. The van der Waals surface area contributed by atoms with Crippen molar-refractivity contribution in [3.8, 4) is 0 Å². The van der Waals surface area contributed by atoms with Gasteiger partial charge in [-0.05, 0) is 38.5 Å². The summed E-state index contributed by atoms with van der Waals surface area (Å²) in [6, 6.07) is 0. The first-order valence-electron chi connectivity index (χ1n) is 9.83. The molecule has 0 radical (unpaired) electrons. The number of aromatic nitrogens is 1. The molecule has 1 N–H and O–H groups in total. The number of hydrogen-bond acceptors (Lipinski definition) is 5. The van der Waals surface area contributed by atoms with Crippen molar-refractivity contribution in [2.75, 3.05) is 26.2 Å². The van der Waals surface area contributed by atoms with Crippen molar-refractivity contribution in [2.45, 2.75) is 57.0 Å². The number of rotatable bonds is 6. The summed E-state index contributed by atoms with van der Waals surface area (Å²) < 4.78 is 5.52. The van der Waals surface area contributed by atoms with Gasteiger partial charge in [-0.25, -0.2) is 4.98 Å². The number of thiazole rings is 1. The molecule has 1 aromatic heterocycles. The first kappa shape index (κ1) is 17.9. The molecule has 3 heterocycles. The van der Waals surface area contributed by atoms with E-state index in [1.165, 1.54) is 5.01 Å². The van der Waals surface area contributed by atoms with Gasteiger partial charge in [-0.1, -0.05) is 0 Å². The van der Waals surface area contributed by atoms with Gasteiger partial charge in [0.05, 0.1) is 10.7 Å². The van der Waals surface area contributed by atoms with Crippen LogP contribution in [0.25, 0.3) is 0 Å². The normalized spacial score (nSPS) is 24.0. The van der Waals surface area contributed by atoms with Crippen LogP contribution in [-0.2, 0) is 20.7 Å². The zero-order chi connectivity index (χ0) is 17.9. The summed E-state index contributed by atoms with van der Waals surface area (Å²) in [4.78, 5) is 30.8. The third-order valence-electron chi connectivity index (χ3n) is 5.56. The van der Waals surface area contributed by atoms with Crippen LogP contribution in [0.4, 0.5) is 0 Å². The predicted octanol–water partition coefficient (Wildman–Crippen LogP) is 2.10. The van der Waals surface area contributed by atoms with Gasteiger partial charge in [0.2, 0.25) is 5.91 Å². The van der Waals surface area contributed by atoms with Crippen LogP contribution in [0.1, 0.15) is 55.1 Å². The van der Waals surface area contributed by atoms with Crippen LogP contribution < -0.4 is 5.32 Å². The molecule has 2 amide bonds. The molecule has 3 fully saturated rings. The molecule has 3 aliphatic rings. The van der Waals surface area contributed by atoms with Crippen molar-refractivity contribution in [1.29, 1.82) is 0 Å². The molecule has 1 saturated carbocycles. The van der Waals surface area contributed by atoms with Crippen LogP contribution in [0, 0.1) is 5.92 Å². The lowest BCUT2D eigenvalue weighted by Crippen LogP contribution is -2.43. The van der Waals surface area contributed by atoms with E-state index in [9.17, 15) is 9.59 Å². The van der Waals surface area contributed by atoms with Crippen LogP contribution >= 0.6 is 11.3 Å². The van der Waals surface area contributed by atoms with Crippen LogP contribution in [-0.4, -0.2) is 54.0 Å². The molecule has 2 saturated heterocycles. The van der Waals surface area contributed by atoms with E-state index < -0.39 is 0 Å². The lowest BCUT2D eigenvalue weighted by Gasteiger charge is -2.32. The number of hydrogen-bond donors (Lipinski definition) is 1. The summed E-state index contributed by atoms with van der Waals surface area (Å²) in [7, 11) is 0. The second kappa shape index (κ2) is 8.05. The lowest BCUT2D eigenvalue weighted by molar-refractivity contribution is -0.142. The number of nitrogens with zero attached hydrogens (tertiary/aromatic N) is 2. The molecule has 0 bridgehead atoms. The molecule has 26 heavy (non-hydrogen) atoms. The SMILES string of the molecule is O=C(NCCc1csc(C2CCN(C(=O)C3CCCO3)CC2)n1)C1CC1. The Bertz CT molecular complexity index is 644. The molecule has 1 aliphatic carbocycles. The van der Waals surface area contributed by atoms with Crippen LogP contribution in [0.5, 0.6) is 0 Å². The molecule has 0 aromatic carbocycles. The third-order valence-corrected chi connectivity index (χ3v) is 6.62. The third kappa shape index (κ3) is 4.26. The fourth-order valence-corrected chi connectivity index (χ4v) is 4.78. The number of likely N-dealkylation sites (tertiary alicyclic amines) is 1. The zero-order valence-corrected chi connectivity index (χ0v) is 15.9. The van der Waals surface area contributed by atoms with Gasteiger partial charge in [0, 0.05) is 49.9 Å². The molecule has 0 spiro atoms. The van der Waals surface area contributed by atoms with Gasteiger partial charge in [0.15, 0.2) is 0 Å². The van der Waals surface area contributed by atoms with Gasteiger partial charge in [-0.15, -0.1) is 11.3 Å². The van der Waals surface area contributed by atoms with E-state index in [2.05, 4.69) is 10.7 Å². The van der Waals surface area contributed by atoms with E-state index in [0.29, 0.717) is 12.5 Å². The lowest BCUT2D eigenvalue weighted by atomic mass is 9.97. The van der Waals surface area contributed by atoms with Gasteiger partial charge in [0.1, 0.15) is 6.10 Å². The highest BCUT2D eigenvalue weighted by molar-refractivity contribution is 7.09. The molecule has 142 valence electrons. The molecule has 4 rings (SSSR count). The van der Waals surface area contributed by atoms with Crippen molar-refractivity contribution < 1.29 is 14.3 Å². The predicted molar refractivity (Wildman–Crippen MR) is 99.1 cm³/mol. The van der Waals surface area contributed by atoms with Crippen molar-refractivity contribution in [3.63, 3.8) is 0 Å². The maximum absolute atomic E-state index is 12.4. The fourth-order valence-electron chi connectivity index (χ4n) is 3.75. The average molecular weight is 378 g/mol. The van der Waals surface area contributed by atoms with Crippen LogP contribution in [0.2, 0.25) is 0 Å². The Hall–Kier alpha value is -1.47. The molecule has 1 unspecified atom stereocenters. The Kier molecular flexibility index (Phi) is 5.55. The van der Waals surface area contributed by atoms with Gasteiger partial charge >= 0.3 is 0 Å². The second-order valence-electron chi connectivity index (χ2n) is 7.59. The molecule has 6 nitrogen and oxygen atoms in total. The number of carbonyl (C=O) groups is 2. The van der Waals surface area contributed by atoms with E-state index in [-0.39, 0.29) is 23.8 Å². The summed E-state index contributed by atoms with van der Waals surface area (Å²) in [5.74, 6) is 1.09. The van der Waals surface area contributed by atoms with E-state index >= 15 is 0 Å². The Morgan fingerprint density at radius 2 is 2.04 bits per heavy atom. The summed E-state index contributed by atoms with van der Waals surface area (Å²) >= 11 is 1.72. The standard InChI is InChI=1S/C19H27N3O3S/c23-17(13-3-4-13)20-8-5-15-12-26-18(21-15)14-6-9-22(10-7-14)19(24)16-2-1-11-25-16/h12-14,16H,1-11H2,(H,20,23). The largest absolute Gasteiger partial charge is 0.368 e. The molecule has 2 aliphatic heterocycles. The summed E-state index contributed by atoms with van der Waals surface area (Å²) in [6.45, 7) is 2.99. The zero-order valence-electron chi connectivity index (χ0n) is 15.1. The van der Waals surface area contributed by atoms with Gasteiger partial charge in [-0.2, -0.15) is 0 Å². The molecule has 1 atom stereocenters. The number of ether oxygens (including phenoxy) is 1. The fraction of sp³-hybridized carbons (Fsp3) is 0.737. The Morgan fingerprint density at radius 1 is 1.23 bits per heavy atom. The van der Waals surface area contributed by atoms with Crippen molar-refractivity contribution >= 4 is 23.2 Å². The Balaban J connectivity index is 1.22. The first-order valence-corrected chi connectivity index (χ1v) is 10.7.